The Bertz CT molecular complexity index is 940. The van der Waals surface area contributed by atoms with Crippen molar-refractivity contribution >= 4 is 0 Å². The van der Waals surface area contributed by atoms with Gasteiger partial charge in [-0.25, -0.2) is 8.78 Å². The van der Waals surface area contributed by atoms with E-state index in [1.165, 1.54) is 31.4 Å². The topological polar surface area (TPSA) is 38.7 Å². The Labute approximate surface area is 154 Å². The number of benzene rings is 3. The van der Waals surface area contributed by atoms with E-state index in [0.29, 0.717) is 11.3 Å². The average Bonchev–Trinajstić information content (AvgIpc) is 2.69. The molecule has 0 aliphatic heterocycles. The van der Waals surface area contributed by atoms with Crippen LogP contribution in [0.4, 0.5) is 13.2 Å². The number of aliphatic hydroxyl groups excluding tert-OH is 1. The largest absolute Gasteiger partial charge is 0.494 e. The van der Waals surface area contributed by atoms with E-state index in [-0.39, 0.29) is 30.1 Å². The molecule has 0 saturated heterocycles. The van der Waals surface area contributed by atoms with Crippen LogP contribution in [0.1, 0.15) is 11.1 Å². The van der Waals surface area contributed by atoms with Crippen LogP contribution in [0.15, 0.2) is 54.6 Å². The minimum Gasteiger partial charge on any atom is -0.494 e. The molecule has 0 radical (unpaired) electrons. The third-order valence-electron chi connectivity index (χ3n) is 4.13. The standard InChI is InChI=1S/C21H17F3O3/c1-26-19-9-8-17(20(23)21(19)24)14-4-2-13(3-5-14)12-27-16-7-6-15(11-25)18(22)10-16/h2-10,25H,11-12H2,1H3. The summed E-state index contributed by atoms with van der Waals surface area (Å²) in [5.41, 5.74) is 1.61. The van der Waals surface area contributed by atoms with Crippen molar-refractivity contribution in [1.29, 1.82) is 0 Å². The summed E-state index contributed by atoms with van der Waals surface area (Å²) in [5, 5.41) is 8.97. The minimum absolute atomic E-state index is 0.127. The lowest BCUT2D eigenvalue weighted by atomic mass is 10.0. The highest BCUT2D eigenvalue weighted by molar-refractivity contribution is 5.65. The quantitative estimate of drug-likeness (QED) is 0.670. The van der Waals surface area contributed by atoms with Gasteiger partial charge in [-0.3, -0.25) is 0 Å². The van der Waals surface area contributed by atoms with Crippen molar-refractivity contribution in [2.24, 2.45) is 0 Å². The first-order valence-electron chi connectivity index (χ1n) is 8.17. The summed E-state index contributed by atoms with van der Waals surface area (Å²) in [6.07, 6.45) is 0. The van der Waals surface area contributed by atoms with Gasteiger partial charge < -0.3 is 14.6 Å². The van der Waals surface area contributed by atoms with E-state index >= 15 is 0 Å². The smallest absolute Gasteiger partial charge is 0.201 e. The molecule has 1 N–H and O–H groups in total. The second-order valence-corrected chi connectivity index (χ2v) is 5.84. The number of hydrogen-bond donors (Lipinski definition) is 1. The number of hydrogen-bond acceptors (Lipinski definition) is 3. The van der Waals surface area contributed by atoms with Gasteiger partial charge in [0.25, 0.3) is 0 Å². The lowest BCUT2D eigenvalue weighted by molar-refractivity contribution is 0.273. The molecule has 0 aliphatic carbocycles. The van der Waals surface area contributed by atoms with E-state index in [1.54, 1.807) is 30.3 Å². The zero-order chi connectivity index (χ0) is 19.4. The molecule has 3 aromatic carbocycles. The number of rotatable bonds is 6. The highest BCUT2D eigenvalue weighted by Crippen LogP contribution is 2.30. The molecule has 0 aliphatic rings. The Balaban J connectivity index is 1.72. The van der Waals surface area contributed by atoms with Gasteiger partial charge in [0.15, 0.2) is 11.6 Å². The summed E-state index contributed by atoms with van der Waals surface area (Å²) in [6, 6.07) is 13.8. The molecule has 140 valence electrons. The Hall–Kier alpha value is -2.99. The summed E-state index contributed by atoms with van der Waals surface area (Å²) < 4.78 is 51.9. The van der Waals surface area contributed by atoms with Crippen LogP contribution in [0.5, 0.6) is 11.5 Å². The Morgan fingerprint density at radius 2 is 1.63 bits per heavy atom. The first-order chi connectivity index (χ1) is 13.0. The summed E-state index contributed by atoms with van der Waals surface area (Å²) in [4.78, 5) is 0. The molecule has 0 bridgehead atoms. The fourth-order valence-electron chi connectivity index (χ4n) is 2.61. The van der Waals surface area contributed by atoms with E-state index in [4.69, 9.17) is 14.6 Å². The SMILES string of the molecule is COc1ccc(-c2ccc(COc3ccc(CO)c(F)c3)cc2)c(F)c1F. The van der Waals surface area contributed by atoms with Crippen LogP contribution in [0.2, 0.25) is 0 Å². The second-order valence-electron chi connectivity index (χ2n) is 5.84. The predicted molar refractivity (Wildman–Crippen MR) is 95.0 cm³/mol. The van der Waals surface area contributed by atoms with Crippen LogP contribution >= 0.6 is 0 Å². The van der Waals surface area contributed by atoms with Crippen LogP contribution in [0, 0.1) is 17.5 Å². The van der Waals surface area contributed by atoms with E-state index in [1.807, 2.05) is 0 Å². The molecule has 3 aromatic rings. The van der Waals surface area contributed by atoms with E-state index in [2.05, 4.69) is 0 Å². The Morgan fingerprint density at radius 1 is 0.889 bits per heavy atom. The van der Waals surface area contributed by atoms with E-state index < -0.39 is 17.5 Å². The molecule has 0 amide bonds. The lowest BCUT2D eigenvalue weighted by Gasteiger charge is -2.10. The molecule has 6 heteroatoms. The normalized spacial score (nSPS) is 10.7. The molecule has 27 heavy (non-hydrogen) atoms. The minimum atomic E-state index is -1.03. The van der Waals surface area contributed by atoms with Crippen molar-refractivity contribution in [2.45, 2.75) is 13.2 Å². The van der Waals surface area contributed by atoms with Gasteiger partial charge in [0.05, 0.1) is 13.7 Å². The van der Waals surface area contributed by atoms with Gasteiger partial charge in [0, 0.05) is 17.2 Å². The third kappa shape index (κ3) is 4.06. The lowest BCUT2D eigenvalue weighted by Crippen LogP contribution is -1.98. The number of methoxy groups -OCH3 is 1. The molecular weight excluding hydrogens is 357 g/mol. The fourth-order valence-corrected chi connectivity index (χ4v) is 2.61. The van der Waals surface area contributed by atoms with Crippen molar-refractivity contribution in [1.82, 2.24) is 0 Å². The van der Waals surface area contributed by atoms with Gasteiger partial charge in [0.2, 0.25) is 5.82 Å². The molecule has 0 heterocycles. The highest BCUT2D eigenvalue weighted by atomic mass is 19.2. The maximum absolute atomic E-state index is 14.2. The highest BCUT2D eigenvalue weighted by Gasteiger charge is 2.15. The van der Waals surface area contributed by atoms with Gasteiger partial charge >= 0.3 is 0 Å². The molecular formula is C21H17F3O3. The number of aliphatic hydroxyl groups is 1. The van der Waals surface area contributed by atoms with Crippen molar-refractivity contribution in [3.05, 3.63) is 83.2 Å². The van der Waals surface area contributed by atoms with E-state index in [0.717, 1.165) is 5.56 Å². The fraction of sp³-hybridized carbons (Fsp3) is 0.143. The molecule has 0 unspecified atom stereocenters. The molecule has 0 atom stereocenters. The van der Waals surface area contributed by atoms with Crippen LogP contribution < -0.4 is 9.47 Å². The molecule has 0 fully saturated rings. The summed E-state index contributed by atoms with van der Waals surface area (Å²) in [5.74, 6) is -2.37. The first-order valence-corrected chi connectivity index (χ1v) is 8.17. The van der Waals surface area contributed by atoms with Crippen LogP contribution in [-0.4, -0.2) is 12.2 Å². The van der Waals surface area contributed by atoms with Crippen molar-refractivity contribution < 1.29 is 27.8 Å². The molecule has 0 aromatic heterocycles. The molecule has 0 spiro atoms. The van der Waals surface area contributed by atoms with Crippen LogP contribution in [0.25, 0.3) is 11.1 Å². The van der Waals surface area contributed by atoms with Crippen LogP contribution in [0.3, 0.4) is 0 Å². The summed E-state index contributed by atoms with van der Waals surface area (Å²) in [6.45, 7) is -0.201. The van der Waals surface area contributed by atoms with Crippen molar-refractivity contribution in [3.63, 3.8) is 0 Å². The summed E-state index contributed by atoms with van der Waals surface area (Å²) >= 11 is 0. The first kappa shape index (κ1) is 18.8. The molecule has 3 nitrogen and oxygen atoms in total. The van der Waals surface area contributed by atoms with Gasteiger partial charge in [-0.05, 0) is 29.3 Å². The van der Waals surface area contributed by atoms with Crippen molar-refractivity contribution in [3.8, 4) is 22.6 Å². The predicted octanol–water partition coefficient (Wildman–Crippen LogP) is 4.85. The van der Waals surface area contributed by atoms with Gasteiger partial charge in [-0.15, -0.1) is 0 Å². The zero-order valence-corrected chi connectivity index (χ0v) is 14.5. The summed E-state index contributed by atoms with van der Waals surface area (Å²) in [7, 11) is 1.27. The molecule has 0 saturated carbocycles. The monoisotopic (exact) mass is 374 g/mol. The van der Waals surface area contributed by atoms with Gasteiger partial charge in [0.1, 0.15) is 18.2 Å². The van der Waals surface area contributed by atoms with Crippen molar-refractivity contribution in [2.75, 3.05) is 7.11 Å². The Morgan fingerprint density at radius 3 is 2.26 bits per heavy atom. The van der Waals surface area contributed by atoms with Gasteiger partial charge in [-0.2, -0.15) is 4.39 Å². The average molecular weight is 374 g/mol. The van der Waals surface area contributed by atoms with Gasteiger partial charge in [-0.1, -0.05) is 30.3 Å². The maximum Gasteiger partial charge on any atom is 0.201 e. The zero-order valence-electron chi connectivity index (χ0n) is 14.5. The molecule has 3 rings (SSSR count). The third-order valence-corrected chi connectivity index (χ3v) is 4.13. The second kappa shape index (κ2) is 8.14. The van der Waals surface area contributed by atoms with E-state index in [9.17, 15) is 13.2 Å². The van der Waals surface area contributed by atoms with Crippen LogP contribution in [-0.2, 0) is 13.2 Å². The number of halogens is 3. The number of ether oxygens (including phenoxy) is 2. The Kier molecular flexibility index (Phi) is 5.66. The maximum atomic E-state index is 14.2.